The van der Waals surface area contributed by atoms with E-state index < -0.39 is 5.82 Å². The number of nitrogens with two attached hydrogens (primary N) is 1. The van der Waals surface area contributed by atoms with Gasteiger partial charge < -0.3 is 5.32 Å². The van der Waals surface area contributed by atoms with Crippen LogP contribution >= 0.6 is 11.8 Å². The molecule has 0 spiro atoms. The van der Waals surface area contributed by atoms with Gasteiger partial charge in [-0.3, -0.25) is 5.43 Å². The van der Waals surface area contributed by atoms with E-state index in [-0.39, 0.29) is 17.8 Å². The molecule has 1 aromatic heterocycles. The monoisotopic (exact) mass is 271 g/mol. The fourth-order valence-electron chi connectivity index (χ4n) is 2.19. The van der Waals surface area contributed by atoms with Crippen molar-refractivity contribution in [2.24, 2.45) is 5.84 Å². The minimum atomic E-state index is -0.444. The number of rotatable bonds is 5. The largest absolute Gasteiger partial charge is 0.365 e. The van der Waals surface area contributed by atoms with Crippen molar-refractivity contribution in [3.8, 4) is 0 Å². The van der Waals surface area contributed by atoms with Gasteiger partial charge in [0.25, 0.3) is 0 Å². The second-order valence-electron chi connectivity index (χ2n) is 4.27. The number of hydrogen-bond donors (Lipinski definition) is 3. The third-order valence-electron chi connectivity index (χ3n) is 3.00. The third kappa shape index (κ3) is 3.23. The lowest BCUT2D eigenvalue weighted by atomic mass is 10.2. The molecule has 5 nitrogen and oxygen atoms in total. The van der Waals surface area contributed by atoms with Crippen molar-refractivity contribution < 1.29 is 4.39 Å². The van der Waals surface area contributed by atoms with Crippen LogP contribution in [0.5, 0.6) is 0 Å². The van der Waals surface area contributed by atoms with Crippen LogP contribution in [-0.4, -0.2) is 27.0 Å². The Bertz CT molecular complexity index is 403. The van der Waals surface area contributed by atoms with E-state index in [0.29, 0.717) is 5.25 Å². The van der Waals surface area contributed by atoms with Gasteiger partial charge in [0.05, 0.1) is 6.20 Å². The average molecular weight is 271 g/mol. The maximum atomic E-state index is 13.5. The van der Waals surface area contributed by atoms with E-state index in [0.717, 1.165) is 24.8 Å². The van der Waals surface area contributed by atoms with Crippen molar-refractivity contribution in [1.82, 2.24) is 9.97 Å². The normalized spacial score (nSPS) is 23.1. The molecule has 1 saturated carbocycles. The highest BCUT2D eigenvalue weighted by Gasteiger charge is 2.25. The summed E-state index contributed by atoms with van der Waals surface area (Å²) in [7, 11) is 0. The van der Waals surface area contributed by atoms with Crippen molar-refractivity contribution in [3.63, 3.8) is 0 Å². The molecule has 0 saturated heterocycles. The molecule has 1 aliphatic rings. The highest BCUT2D eigenvalue weighted by Crippen LogP contribution is 2.31. The molecule has 2 atom stereocenters. The number of thioether (sulfide) groups is 1. The van der Waals surface area contributed by atoms with Crippen LogP contribution in [0.1, 0.15) is 26.2 Å². The van der Waals surface area contributed by atoms with E-state index >= 15 is 0 Å². The summed E-state index contributed by atoms with van der Waals surface area (Å²) in [6.07, 6.45) is 4.39. The van der Waals surface area contributed by atoms with E-state index in [2.05, 4.69) is 27.6 Å². The van der Waals surface area contributed by atoms with Crippen LogP contribution in [0.15, 0.2) is 6.20 Å². The number of hydrazine groups is 1. The molecule has 1 heterocycles. The number of aromatic nitrogens is 2. The molecule has 100 valence electrons. The van der Waals surface area contributed by atoms with Crippen molar-refractivity contribution in [1.29, 1.82) is 0 Å². The van der Waals surface area contributed by atoms with Crippen LogP contribution in [0.2, 0.25) is 0 Å². The summed E-state index contributed by atoms with van der Waals surface area (Å²) in [6.45, 7) is 2.16. The minimum absolute atomic E-state index is 0.219. The number of nitrogen functional groups attached to an aromatic ring is 1. The van der Waals surface area contributed by atoms with Gasteiger partial charge >= 0.3 is 0 Å². The summed E-state index contributed by atoms with van der Waals surface area (Å²) in [6, 6.07) is 0.282. The Balaban J connectivity index is 1.97. The summed E-state index contributed by atoms with van der Waals surface area (Å²) in [5.74, 6) is 6.34. The minimum Gasteiger partial charge on any atom is -0.365 e. The molecule has 7 heteroatoms. The van der Waals surface area contributed by atoms with E-state index in [9.17, 15) is 4.39 Å². The zero-order valence-electron chi connectivity index (χ0n) is 10.3. The Kier molecular flexibility index (Phi) is 4.60. The molecule has 0 aliphatic heterocycles. The molecule has 0 bridgehead atoms. The Morgan fingerprint density at radius 3 is 3.11 bits per heavy atom. The van der Waals surface area contributed by atoms with Crippen LogP contribution in [0.3, 0.4) is 0 Å². The van der Waals surface area contributed by atoms with Gasteiger partial charge in [0.2, 0.25) is 5.95 Å². The van der Waals surface area contributed by atoms with Crippen molar-refractivity contribution >= 4 is 23.5 Å². The van der Waals surface area contributed by atoms with Crippen LogP contribution in [0.25, 0.3) is 0 Å². The molecule has 0 amide bonds. The fraction of sp³-hybridized carbons (Fsp3) is 0.636. The standard InChI is InChI=1S/C11H18FN5S/c1-2-18-8-4-3-7(5-8)15-10-9(12)6-14-11(16-10)17-13/h6-8H,2-5,13H2,1H3,(H2,14,15,16,17). The van der Waals surface area contributed by atoms with Crippen LogP contribution in [0, 0.1) is 5.82 Å². The summed E-state index contributed by atoms with van der Waals surface area (Å²) in [5, 5.41) is 3.81. The first-order valence-corrected chi connectivity index (χ1v) is 7.15. The first-order valence-electron chi connectivity index (χ1n) is 6.10. The van der Waals surface area contributed by atoms with Crippen molar-refractivity contribution in [2.75, 3.05) is 16.5 Å². The SMILES string of the molecule is CCSC1CCC(Nc2nc(NN)ncc2F)C1. The van der Waals surface area contributed by atoms with E-state index in [4.69, 9.17) is 5.84 Å². The van der Waals surface area contributed by atoms with Gasteiger partial charge in [-0.25, -0.2) is 15.2 Å². The quantitative estimate of drug-likeness (QED) is 0.561. The van der Waals surface area contributed by atoms with E-state index in [1.54, 1.807) is 0 Å². The molecule has 4 N–H and O–H groups in total. The van der Waals surface area contributed by atoms with Gasteiger partial charge in [-0.05, 0) is 25.0 Å². The summed E-state index contributed by atoms with van der Waals surface area (Å²) >= 11 is 1.97. The first kappa shape index (κ1) is 13.4. The van der Waals surface area contributed by atoms with E-state index in [1.807, 2.05) is 11.8 Å². The number of nitrogens with zero attached hydrogens (tertiary/aromatic N) is 2. The van der Waals surface area contributed by atoms with Crippen LogP contribution in [-0.2, 0) is 0 Å². The Morgan fingerprint density at radius 2 is 2.39 bits per heavy atom. The fourth-order valence-corrected chi connectivity index (χ4v) is 3.33. The van der Waals surface area contributed by atoms with Crippen LogP contribution in [0.4, 0.5) is 16.2 Å². The Labute approximate surface area is 110 Å². The first-order chi connectivity index (χ1) is 8.72. The molecule has 0 radical (unpaired) electrons. The smallest absolute Gasteiger partial charge is 0.239 e. The summed E-state index contributed by atoms with van der Waals surface area (Å²) in [4.78, 5) is 7.70. The lowest BCUT2D eigenvalue weighted by molar-refractivity contribution is 0.610. The van der Waals surface area contributed by atoms with Crippen LogP contribution < -0.4 is 16.6 Å². The number of anilines is 2. The third-order valence-corrected chi connectivity index (χ3v) is 4.23. The lowest BCUT2D eigenvalue weighted by Crippen LogP contribution is -2.19. The molecule has 1 aromatic rings. The summed E-state index contributed by atoms with van der Waals surface area (Å²) < 4.78 is 13.5. The highest BCUT2D eigenvalue weighted by atomic mass is 32.2. The molecule has 18 heavy (non-hydrogen) atoms. The number of hydrogen-bond acceptors (Lipinski definition) is 6. The Hall–Kier alpha value is -1.08. The van der Waals surface area contributed by atoms with Gasteiger partial charge in [-0.2, -0.15) is 16.7 Å². The maximum absolute atomic E-state index is 13.5. The predicted molar refractivity (Wildman–Crippen MR) is 73.0 cm³/mol. The Morgan fingerprint density at radius 1 is 1.56 bits per heavy atom. The molecule has 2 unspecified atom stereocenters. The van der Waals surface area contributed by atoms with Gasteiger partial charge in [0.1, 0.15) is 0 Å². The average Bonchev–Trinajstić information content (AvgIpc) is 2.80. The lowest BCUT2D eigenvalue weighted by Gasteiger charge is -2.14. The molecular formula is C11H18FN5S. The topological polar surface area (TPSA) is 75.9 Å². The molecule has 0 aromatic carbocycles. The zero-order chi connectivity index (χ0) is 13.0. The number of nitrogens with one attached hydrogen (secondary N) is 2. The maximum Gasteiger partial charge on any atom is 0.239 e. The van der Waals surface area contributed by atoms with Crippen molar-refractivity contribution in [2.45, 2.75) is 37.5 Å². The number of halogens is 1. The zero-order valence-corrected chi connectivity index (χ0v) is 11.1. The van der Waals surface area contributed by atoms with Crippen molar-refractivity contribution in [3.05, 3.63) is 12.0 Å². The second-order valence-corrected chi connectivity index (χ2v) is 5.84. The molecule has 2 rings (SSSR count). The molecule has 1 aliphatic carbocycles. The van der Waals surface area contributed by atoms with Gasteiger partial charge in [-0.15, -0.1) is 0 Å². The summed E-state index contributed by atoms with van der Waals surface area (Å²) in [5.41, 5.74) is 2.32. The second kappa shape index (κ2) is 6.19. The molecule has 1 fully saturated rings. The highest BCUT2D eigenvalue weighted by molar-refractivity contribution is 7.99. The van der Waals surface area contributed by atoms with Gasteiger partial charge in [-0.1, -0.05) is 6.92 Å². The molecular weight excluding hydrogens is 253 g/mol. The van der Waals surface area contributed by atoms with Gasteiger partial charge in [0, 0.05) is 11.3 Å². The van der Waals surface area contributed by atoms with E-state index in [1.165, 1.54) is 6.42 Å². The predicted octanol–water partition coefficient (Wildman–Crippen LogP) is 1.99. The van der Waals surface area contributed by atoms with Gasteiger partial charge in [0.15, 0.2) is 11.6 Å².